The summed E-state index contributed by atoms with van der Waals surface area (Å²) in [6.45, 7) is 14.6. The van der Waals surface area contributed by atoms with Crippen molar-refractivity contribution in [3.63, 3.8) is 0 Å². The highest BCUT2D eigenvalue weighted by Gasteiger charge is 2.39. The minimum atomic E-state index is 0.205. The number of piperazine rings is 1. The maximum absolute atomic E-state index is 4.55. The average molecular weight is 354 g/mol. The minimum absolute atomic E-state index is 0.205. The molecule has 0 radical (unpaired) electrons. The van der Waals surface area contributed by atoms with Gasteiger partial charge in [0, 0.05) is 41.9 Å². The molecule has 1 aliphatic rings. The SMILES string of the molecule is CCC1(C)CNC(C(C)(C)C)CN1Cc1ccc(Br)cn1. The fourth-order valence-electron chi connectivity index (χ4n) is 2.84. The molecule has 2 rings (SSSR count). The Labute approximate surface area is 137 Å². The van der Waals surface area contributed by atoms with Gasteiger partial charge in [0.05, 0.1) is 5.69 Å². The van der Waals surface area contributed by atoms with Gasteiger partial charge in [-0.15, -0.1) is 0 Å². The van der Waals surface area contributed by atoms with Crippen molar-refractivity contribution in [3.05, 3.63) is 28.5 Å². The number of pyridine rings is 1. The second-order valence-corrected chi connectivity index (χ2v) is 8.41. The fourth-order valence-corrected chi connectivity index (χ4v) is 3.07. The van der Waals surface area contributed by atoms with Crippen LogP contribution in [0, 0.1) is 5.41 Å². The van der Waals surface area contributed by atoms with E-state index >= 15 is 0 Å². The third-order valence-electron chi connectivity index (χ3n) is 4.84. The van der Waals surface area contributed by atoms with Gasteiger partial charge in [-0.05, 0) is 46.8 Å². The predicted octanol–water partition coefficient (Wildman–Crippen LogP) is 3.83. The summed E-state index contributed by atoms with van der Waals surface area (Å²) in [4.78, 5) is 7.16. The van der Waals surface area contributed by atoms with Crippen LogP contribution < -0.4 is 5.32 Å². The zero-order valence-corrected chi connectivity index (χ0v) is 15.5. The van der Waals surface area contributed by atoms with E-state index in [4.69, 9.17) is 0 Å². The third kappa shape index (κ3) is 4.05. The van der Waals surface area contributed by atoms with Gasteiger partial charge in [0.2, 0.25) is 0 Å². The zero-order valence-electron chi connectivity index (χ0n) is 13.9. The first-order valence-electron chi connectivity index (χ1n) is 7.83. The lowest BCUT2D eigenvalue weighted by molar-refractivity contribution is 0.0149. The van der Waals surface area contributed by atoms with Crippen LogP contribution in [0.2, 0.25) is 0 Å². The Balaban J connectivity index is 2.16. The Hall–Kier alpha value is -0.450. The Morgan fingerprint density at radius 2 is 2.14 bits per heavy atom. The van der Waals surface area contributed by atoms with E-state index in [0.29, 0.717) is 6.04 Å². The summed E-state index contributed by atoms with van der Waals surface area (Å²) < 4.78 is 1.04. The molecule has 3 nitrogen and oxygen atoms in total. The van der Waals surface area contributed by atoms with Crippen molar-refractivity contribution in [2.45, 2.75) is 59.2 Å². The Bertz CT molecular complexity index is 466. The van der Waals surface area contributed by atoms with Crippen molar-refractivity contribution in [1.82, 2.24) is 15.2 Å². The molecule has 0 bridgehead atoms. The number of nitrogens with zero attached hydrogens (tertiary/aromatic N) is 2. The molecule has 118 valence electrons. The van der Waals surface area contributed by atoms with E-state index in [1.54, 1.807) is 0 Å². The van der Waals surface area contributed by atoms with Crippen molar-refractivity contribution in [3.8, 4) is 0 Å². The highest BCUT2D eigenvalue weighted by Crippen LogP contribution is 2.30. The largest absolute Gasteiger partial charge is 0.310 e. The number of hydrogen-bond donors (Lipinski definition) is 1. The molecule has 2 unspecified atom stereocenters. The molecule has 1 saturated heterocycles. The van der Waals surface area contributed by atoms with Gasteiger partial charge in [0.15, 0.2) is 0 Å². The highest BCUT2D eigenvalue weighted by atomic mass is 79.9. The first-order valence-corrected chi connectivity index (χ1v) is 8.63. The van der Waals surface area contributed by atoms with Crippen LogP contribution in [0.3, 0.4) is 0 Å². The molecule has 1 fully saturated rings. The summed E-state index contributed by atoms with van der Waals surface area (Å²) in [5.41, 5.74) is 1.63. The molecule has 0 amide bonds. The van der Waals surface area contributed by atoms with E-state index in [0.717, 1.165) is 36.2 Å². The van der Waals surface area contributed by atoms with E-state index in [2.05, 4.69) is 77.9 Å². The molecule has 21 heavy (non-hydrogen) atoms. The first-order chi connectivity index (χ1) is 9.74. The summed E-state index contributed by atoms with van der Waals surface area (Å²) >= 11 is 3.46. The molecular formula is C17H28BrN3. The molecule has 0 spiro atoms. The Kier molecular flexibility index (Phi) is 5.11. The molecule has 0 saturated carbocycles. The number of hydrogen-bond acceptors (Lipinski definition) is 3. The van der Waals surface area contributed by atoms with Crippen molar-refractivity contribution in [1.29, 1.82) is 0 Å². The summed E-state index contributed by atoms with van der Waals surface area (Å²) in [5, 5.41) is 3.76. The smallest absolute Gasteiger partial charge is 0.0545 e. The van der Waals surface area contributed by atoms with Crippen LogP contribution in [0.25, 0.3) is 0 Å². The number of rotatable bonds is 3. The van der Waals surface area contributed by atoms with Crippen molar-refractivity contribution < 1.29 is 0 Å². The fraction of sp³-hybridized carbons (Fsp3) is 0.706. The lowest BCUT2D eigenvalue weighted by Crippen LogP contribution is -2.65. The van der Waals surface area contributed by atoms with Gasteiger partial charge < -0.3 is 5.32 Å². The van der Waals surface area contributed by atoms with Gasteiger partial charge in [-0.2, -0.15) is 0 Å². The van der Waals surface area contributed by atoms with Gasteiger partial charge >= 0.3 is 0 Å². The molecule has 1 aromatic rings. The molecule has 1 aromatic heterocycles. The zero-order chi connectivity index (χ0) is 15.7. The molecular weight excluding hydrogens is 326 g/mol. The number of nitrogens with one attached hydrogen (secondary N) is 1. The molecule has 4 heteroatoms. The van der Waals surface area contributed by atoms with Crippen LogP contribution in [0.15, 0.2) is 22.8 Å². The van der Waals surface area contributed by atoms with Gasteiger partial charge in [0.1, 0.15) is 0 Å². The molecule has 0 aliphatic carbocycles. The van der Waals surface area contributed by atoms with E-state index in [1.807, 2.05) is 6.20 Å². The van der Waals surface area contributed by atoms with Crippen molar-refractivity contribution >= 4 is 15.9 Å². The molecule has 2 atom stereocenters. The molecule has 1 aliphatic heterocycles. The van der Waals surface area contributed by atoms with Gasteiger partial charge in [-0.1, -0.05) is 27.7 Å². The third-order valence-corrected chi connectivity index (χ3v) is 5.31. The monoisotopic (exact) mass is 353 g/mol. The van der Waals surface area contributed by atoms with Gasteiger partial charge in [-0.25, -0.2) is 0 Å². The maximum atomic E-state index is 4.55. The van der Waals surface area contributed by atoms with Crippen LogP contribution in [0.4, 0.5) is 0 Å². The minimum Gasteiger partial charge on any atom is -0.310 e. The average Bonchev–Trinajstić information content (AvgIpc) is 2.42. The predicted molar refractivity (Wildman–Crippen MR) is 92.3 cm³/mol. The second kappa shape index (κ2) is 6.35. The van der Waals surface area contributed by atoms with E-state index in [-0.39, 0.29) is 11.0 Å². The molecule has 1 N–H and O–H groups in total. The summed E-state index contributed by atoms with van der Waals surface area (Å²) in [6, 6.07) is 4.72. The van der Waals surface area contributed by atoms with Crippen molar-refractivity contribution in [2.75, 3.05) is 13.1 Å². The lowest BCUT2D eigenvalue weighted by Gasteiger charge is -2.50. The normalized spacial score (nSPS) is 27.8. The van der Waals surface area contributed by atoms with Gasteiger partial charge in [-0.3, -0.25) is 9.88 Å². The topological polar surface area (TPSA) is 28.2 Å². The summed E-state index contributed by atoms with van der Waals surface area (Å²) in [5.74, 6) is 0. The summed E-state index contributed by atoms with van der Waals surface area (Å²) in [7, 11) is 0. The highest BCUT2D eigenvalue weighted by molar-refractivity contribution is 9.10. The standard InChI is InChI=1S/C17H28BrN3/c1-6-17(5)12-20-15(16(2,3)4)11-21(17)10-14-8-7-13(18)9-19-14/h7-9,15,20H,6,10-12H2,1-5H3. The molecule has 2 heterocycles. The quantitative estimate of drug-likeness (QED) is 0.894. The Morgan fingerprint density at radius 1 is 1.43 bits per heavy atom. The van der Waals surface area contributed by atoms with E-state index in [9.17, 15) is 0 Å². The second-order valence-electron chi connectivity index (χ2n) is 7.50. The maximum Gasteiger partial charge on any atom is 0.0545 e. The number of halogens is 1. The molecule has 0 aromatic carbocycles. The van der Waals surface area contributed by atoms with Crippen LogP contribution in [0.5, 0.6) is 0 Å². The van der Waals surface area contributed by atoms with Crippen LogP contribution in [0.1, 0.15) is 46.7 Å². The lowest BCUT2D eigenvalue weighted by atomic mass is 9.81. The van der Waals surface area contributed by atoms with Crippen LogP contribution >= 0.6 is 15.9 Å². The van der Waals surface area contributed by atoms with Gasteiger partial charge in [0.25, 0.3) is 0 Å². The van der Waals surface area contributed by atoms with Crippen LogP contribution in [-0.4, -0.2) is 34.6 Å². The van der Waals surface area contributed by atoms with E-state index < -0.39 is 0 Å². The van der Waals surface area contributed by atoms with Crippen LogP contribution in [-0.2, 0) is 6.54 Å². The Morgan fingerprint density at radius 3 is 2.67 bits per heavy atom. The number of aromatic nitrogens is 1. The first kappa shape index (κ1) is 16.9. The summed E-state index contributed by atoms with van der Waals surface area (Å²) in [6.07, 6.45) is 3.04. The van der Waals surface area contributed by atoms with Crippen molar-refractivity contribution in [2.24, 2.45) is 5.41 Å². The van der Waals surface area contributed by atoms with E-state index in [1.165, 1.54) is 0 Å².